The van der Waals surface area contributed by atoms with Crippen LogP contribution in [-0.4, -0.2) is 37.4 Å². The minimum Gasteiger partial charge on any atom is -0.442 e. The number of anilines is 1. The summed E-state index contributed by atoms with van der Waals surface area (Å²) in [4.78, 5) is 25.0. The number of amides is 2. The molecule has 1 unspecified atom stereocenters. The molecule has 1 aliphatic carbocycles. The van der Waals surface area contributed by atoms with E-state index in [4.69, 9.17) is 16.2 Å². The van der Waals surface area contributed by atoms with Crippen LogP contribution in [0.2, 0.25) is 0 Å². The first kappa shape index (κ1) is 33.0. The number of primary amides is 1. The van der Waals surface area contributed by atoms with Crippen molar-refractivity contribution in [3.63, 3.8) is 0 Å². The number of nitrogens with two attached hydrogens (primary N) is 2. The quantitative estimate of drug-likeness (QED) is 0.207. The Bertz CT molecular complexity index is 1590. The summed E-state index contributed by atoms with van der Waals surface area (Å²) in [6, 6.07) is 20.3. The molecule has 0 radical (unpaired) electrons. The Morgan fingerprint density at radius 1 is 0.977 bits per heavy atom. The molecule has 1 fully saturated rings. The maximum atomic E-state index is 12.8. The van der Waals surface area contributed by atoms with Gasteiger partial charge in [0.25, 0.3) is 5.91 Å². The van der Waals surface area contributed by atoms with Crippen LogP contribution in [0.4, 0.5) is 10.5 Å². The molecule has 0 aromatic heterocycles. The van der Waals surface area contributed by atoms with Crippen LogP contribution in [-0.2, 0) is 21.2 Å². The van der Waals surface area contributed by atoms with Gasteiger partial charge in [-0.2, -0.15) is 0 Å². The van der Waals surface area contributed by atoms with Gasteiger partial charge in [-0.1, -0.05) is 82.1 Å². The average Bonchev–Trinajstić information content (AvgIpc) is 3.47. The number of hydrogen-bond donors (Lipinski definition) is 4. The lowest BCUT2D eigenvalue weighted by atomic mass is 9.69. The predicted molar refractivity (Wildman–Crippen MR) is 172 cm³/mol. The third-order valence-corrected chi connectivity index (χ3v) is 9.21. The van der Waals surface area contributed by atoms with Crippen molar-refractivity contribution in [3.05, 3.63) is 89.0 Å². The number of carbonyl (C=O) groups excluding carboxylic acids is 2. The molecule has 3 aromatic rings. The molecule has 0 saturated heterocycles. The van der Waals surface area contributed by atoms with Crippen molar-refractivity contribution >= 4 is 27.7 Å². The lowest BCUT2D eigenvalue weighted by Crippen LogP contribution is -2.51. The standard InChI is InChI=1S/C34H43N3O6S/c1-33(2,3)34(43-32(36)40,21-30(38)25-13-16-27(35)17-14-25)20-22-9-11-23(12-10-22)26-15-18-28(31(39)37-44(4,41)42)29(19-26)24-7-5-6-8-24/h9-19,24,30,38H,5-8,20-21,35H2,1-4H3,(H2,36,40)(H,37,39)/t30-,34?/m1/s1. The van der Waals surface area contributed by atoms with Gasteiger partial charge in [0, 0.05) is 29.5 Å². The lowest BCUT2D eigenvalue weighted by molar-refractivity contribution is -0.0931. The van der Waals surface area contributed by atoms with Crippen LogP contribution in [0.5, 0.6) is 0 Å². The van der Waals surface area contributed by atoms with Gasteiger partial charge in [-0.15, -0.1) is 0 Å². The van der Waals surface area contributed by atoms with Crippen LogP contribution in [0, 0.1) is 5.41 Å². The highest BCUT2D eigenvalue weighted by Crippen LogP contribution is 2.44. The molecule has 3 aromatic carbocycles. The van der Waals surface area contributed by atoms with Crippen LogP contribution >= 0.6 is 0 Å². The van der Waals surface area contributed by atoms with E-state index in [0.717, 1.165) is 54.2 Å². The zero-order chi connectivity index (χ0) is 32.3. The zero-order valence-electron chi connectivity index (χ0n) is 25.8. The van der Waals surface area contributed by atoms with Crippen LogP contribution in [0.25, 0.3) is 11.1 Å². The number of sulfonamides is 1. The van der Waals surface area contributed by atoms with E-state index in [0.29, 0.717) is 23.2 Å². The van der Waals surface area contributed by atoms with E-state index >= 15 is 0 Å². The summed E-state index contributed by atoms with van der Waals surface area (Å²) in [6.07, 6.45) is 3.56. The van der Waals surface area contributed by atoms with Crippen molar-refractivity contribution < 1.29 is 27.9 Å². The Labute approximate surface area is 260 Å². The van der Waals surface area contributed by atoms with Gasteiger partial charge >= 0.3 is 6.09 Å². The highest BCUT2D eigenvalue weighted by Gasteiger charge is 2.47. The van der Waals surface area contributed by atoms with Gasteiger partial charge in [0.05, 0.1) is 12.4 Å². The number of hydrogen-bond acceptors (Lipinski definition) is 7. The fourth-order valence-corrected chi connectivity index (χ4v) is 6.55. The van der Waals surface area contributed by atoms with Crippen LogP contribution in [0.3, 0.4) is 0 Å². The second-order valence-corrected chi connectivity index (χ2v) is 14.7. The molecule has 0 aliphatic heterocycles. The van der Waals surface area contributed by atoms with E-state index in [1.54, 1.807) is 30.3 Å². The highest BCUT2D eigenvalue weighted by atomic mass is 32.2. The SMILES string of the molecule is CC(C)(C)C(Cc1ccc(-c2ccc(C(=O)NS(C)(=O)=O)c(C3CCCC3)c2)cc1)(C[C@@H](O)c1ccc(N)cc1)OC(N)=O. The first-order chi connectivity index (χ1) is 20.6. The monoisotopic (exact) mass is 621 g/mol. The number of benzene rings is 3. The number of aliphatic hydroxyl groups is 1. The fourth-order valence-electron chi connectivity index (χ4n) is 6.11. The van der Waals surface area contributed by atoms with Gasteiger partial charge in [-0.25, -0.2) is 17.9 Å². The normalized spacial score (nSPS) is 16.2. The van der Waals surface area contributed by atoms with E-state index in [1.165, 1.54) is 0 Å². The van der Waals surface area contributed by atoms with E-state index in [-0.39, 0.29) is 12.3 Å². The topological polar surface area (TPSA) is 162 Å². The molecule has 44 heavy (non-hydrogen) atoms. The smallest absolute Gasteiger partial charge is 0.405 e. The maximum absolute atomic E-state index is 12.8. The van der Waals surface area contributed by atoms with Crippen molar-refractivity contribution in [3.8, 4) is 11.1 Å². The second kappa shape index (κ2) is 13.0. The number of carbonyl (C=O) groups is 2. The van der Waals surface area contributed by atoms with Crippen molar-refractivity contribution in [2.45, 2.75) is 76.9 Å². The molecule has 4 rings (SSSR count). The molecule has 0 spiro atoms. The van der Waals surface area contributed by atoms with Crippen molar-refractivity contribution in [1.82, 2.24) is 4.72 Å². The Kier molecular flexibility index (Phi) is 9.75. The van der Waals surface area contributed by atoms with Crippen molar-refractivity contribution in [1.29, 1.82) is 0 Å². The Morgan fingerprint density at radius 2 is 1.57 bits per heavy atom. The summed E-state index contributed by atoms with van der Waals surface area (Å²) in [5, 5.41) is 11.2. The number of nitrogen functional groups attached to an aromatic ring is 1. The first-order valence-electron chi connectivity index (χ1n) is 14.8. The van der Waals surface area contributed by atoms with Gasteiger partial charge in [0.1, 0.15) is 5.60 Å². The molecule has 1 aliphatic rings. The van der Waals surface area contributed by atoms with Crippen LogP contribution in [0.15, 0.2) is 66.7 Å². The minimum absolute atomic E-state index is 0.118. The molecule has 0 bridgehead atoms. The molecule has 236 valence electrons. The lowest BCUT2D eigenvalue weighted by Gasteiger charge is -2.45. The van der Waals surface area contributed by atoms with Gasteiger partial charge in [-0.3, -0.25) is 4.79 Å². The Morgan fingerprint density at radius 3 is 2.11 bits per heavy atom. The highest BCUT2D eigenvalue weighted by molar-refractivity contribution is 7.89. The predicted octanol–water partition coefficient (Wildman–Crippen LogP) is 5.83. The molecule has 10 heteroatoms. The first-order valence-corrected chi connectivity index (χ1v) is 16.7. The molecule has 1 saturated carbocycles. The van der Waals surface area contributed by atoms with Crippen molar-refractivity contribution in [2.24, 2.45) is 11.1 Å². The number of rotatable bonds is 10. The minimum atomic E-state index is -3.70. The molecule has 2 amide bonds. The summed E-state index contributed by atoms with van der Waals surface area (Å²) < 4.78 is 31.5. The molecular weight excluding hydrogens is 578 g/mol. The zero-order valence-corrected chi connectivity index (χ0v) is 26.6. The average molecular weight is 622 g/mol. The molecule has 6 N–H and O–H groups in total. The molecule has 9 nitrogen and oxygen atoms in total. The van der Waals surface area contributed by atoms with Gasteiger partial charge < -0.3 is 21.3 Å². The molecule has 0 heterocycles. The summed E-state index contributed by atoms with van der Waals surface area (Å²) in [6.45, 7) is 5.85. The molecule has 2 atom stereocenters. The largest absolute Gasteiger partial charge is 0.442 e. The third kappa shape index (κ3) is 7.98. The Hall–Kier alpha value is -3.89. The van der Waals surface area contributed by atoms with E-state index in [2.05, 4.69) is 4.72 Å². The third-order valence-electron chi connectivity index (χ3n) is 8.65. The number of nitrogens with one attached hydrogen (secondary N) is 1. The summed E-state index contributed by atoms with van der Waals surface area (Å²) >= 11 is 0. The summed E-state index contributed by atoms with van der Waals surface area (Å²) in [7, 11) is -3.70. The van der Waals surface area contributed by atoms with E-state index in [9.17, 15) is 23.1 Å². The van der Waals surface area contributed by atoms with Gasteiger partial charge in [0.2, 0.25) is 10.0 Å². The number of aliphatic hydroxyl groups excluding tert-OH is 1. The summed E-state index contributed by atoms with van der Waals surface area (Å²) in [5.41, 5.74) is 14.8. The number of ether oxygens (including phenoxy) is 1. The van der Waals surface area contributed by atoms with Gasteiger partial charge in [0.15, 0.2) is 0 Å². The van der Waals surface area contributed by atoms with Gasteiger partial charge in [-0.05, 0) is 64.8 Å². The fraction of sp³-hybridized carbons (Fsp3) is 0.412. The second-order valence-electron chi connectivity index (χ2n) is 12.9. The summed E-state index contributed by atoms with van der Waals surface area (Å²) in [5.74, 6) is -0.439. The van der Waals surface area contributed by atoms with Crippen LogP contribution in [0.1, 0.15) is 91.9 Å². The van der Waals surface area contributed by atoms with Crippen LogP contribution < -0.4 is 16.2 Å². The Balaban J connectivity index is 1.65. The van der Waals surface area contributed by atoms with E-state index in [1.807, 2.05) is 57.2 Å². The molecular formula is C34H43N3O6S. The van der Waals surface area contributed by atoms with E-state index < -0.39 is 39.1 Å². The van der Waals surface area contributed by atoms with Crippen molar-refractivity contribution in [2.75, 3.05) is 12.0 Å². The maximum Gasteiger partial charge on any atom is 0.405 e.